The predicted octanol–water partition coefficient (Wildman–Crippen LogP) is 1.12. The summed E-state index contributed by atoms with van der Waals surface area (Å²) in [6.07, 6.45) is 0. The molecule has 1 N–H and O–H groups in total. The quantitative estimate of drug-likeness (QED) is 0.739. The van der Waals surface area contributed by atoms with Crippen LogP contribution in [0.5, 0.6) is 0 Å². The van der Waals surface area contributed by atoms with E-state index in [0.29, 0.717) is 0 Å². The number of nitrogens with zero attached hydrogens (tertiary/aromatic N) is 1. The highest BCUT2D eigenvalue weighted by atomic mass is 16.2. The summed E-state index contributed by atoms with van der Waals surface area (Å²) in [6, 6.07) is 1.82. The first-order valence-electron chi connectivity index (χ1n) is 5.10. The van der Waals surface area contributed by atoms with Gasteiger partial charge in [0.15, 0.2) is 5.78 Å². The number of ketones is 1. The second kappa shape index (κ2) is 6.18. The Labute approximate surface area is 90.7 Å². The van der Waals surface area contributed by atoms with Crippen LogP contribution in [0.1, 0.15) is 27.7 Å². The first kappa shape index (κ1) is 13.6. The molecule has 0 aliphatic carbocycles. The molecule has 15 heavy (non-hydrogen) atoms. The summed E-state index contributed by atoms with van der Waals surface area (Å²) in [5.74, 6) is -0.886. The van der Waals surface area contributed by atoms with E-state index in [-0.39, 0.29) is 30.1 Å². The van der Waals surface area contributed by atoms with Crippen LogP contribution in [0.2, 0.25) is 0 Å². The minimum absolute atomic E-state index is 0.00323. The highest BCUT2D eigenvalue weighted by Gasteiger charge is 2.18. The lowest BCUT2D eigenvalue weighted by atomic mass is 9.93. The van der Waals surface area contributed by atoms with Gasteiger partial charge in [-0.25, -0.2) is 0 Å². The molecule has 0 aliphatic heterocycles. The van der Waals surface area contributed by atoms with Crippen LogP contribution in [0, 0.1) is 29.1 Å². The lowest BCUT2D eigenvalue weighted by Crippen LogP contribution is -2.36. The summed E-state index contributed by atoms with van der Waals surface area (Å²) in [5, 5.41) is 10.9. The normalized spacial score (nSPS) is 14.1. The molecule has 0 aromatic heterocycles. The number of hydrogen-bond acceptors (Lipinski definition) is 3. The summed E-state index contributed by atoms with van der Waals surface area (Å²) < 4.78 is 0. The van der Waals surface area contributed by atoms with Crippen molar-refractivity contribution in [2.45, 2.75) is 27.7 Å². The van der Waals surface area contributed by atoms with Crippen LogP contribution in [0.3, 0.4) is 0 Å². The van der Waals surface area contributed by atoms with Gasteiger partial charge in [-0.05, 0) is 12.8 Å². The van der Waals surface area contributed by atoms with E-state index in [1.54, 1.807) is 0 Å². The molecule has 0 fully saturated rings. The van der Waals surface area contributed by atoms with Crippen molar-refractivity contribution in [3.8, 4) is 6.07 Å². The Balaban J connectivity index is 4.03. The van der Waals surface area contributed by atoms with Crippen molar-refractivity contribution in [2.24, 2.45) is 17.8 Å². The molecule has 0 aromatic carbocycles. The van der Waals surface area contributed by atoms with Crippen molar-refractivity contribution < 1.29 is 9.59 Å². The maximum Gasteiger partial charge on any atom is 0.237 e. The topological polar surface area (TPSA) is 70.0 Å². The number of rotatable bonds is 5. The summed E-state index contributed by atoms with van der Waals surface area (Å²) in [7, 11) is 0. The lowest BCUT2D eigenvalue weighted by Gasteiger charge is -2.14. The maximum atomic E-state index is 11.5. The largest absolute Gasteiger partial charge is 0.348 e. The molecule has 2 atom stereocenters. The van der Waals surface area contributed by atoms with E-state index in [1.165, 1.54) is 6.92 Å². The number of Topliss-reactive ketones (excluding diaryl/α,β-unsaturated/α-hetero) is 1. The van der Waals surface area contributed by atoms with Crippen molar-refractivity contribution in [3.63, 3.8) is 0 Å². The molecule has 0 heterocycles. The van der Waals surface area contributed by atoms with Crippen molar-refractivity contribution >= 4 is 11.7 Å². The van der Waals surface area contributed by atoms with Crippen molar-refractivity contribution in [2.75, 3.05) is 6.54 Å². The van der Waals surface area contributed by atoms with Crippen LogP contribution in [0.15, 0.2) is 0 Å². The second-order valence-electron chi connectivity index (χ2n) is 4.07. The third kappa shape index (κ3) is 4.59. The number of amides is 1. The average molecular weight is 210 g/mol. The second-order valence-corrected chi connectivity index (χ2v) is 4.07. The first-order valence-corrected chi connectivity index (χ1v) is 5.10. The molecule has 0 saturated heterocycles. The zero-order valence-corrected chi connectivity index (χ0v) is 9.70. The SMILES string of the molecule is CC(C#N)C(=O)NCC(=O)[C@@H](C)C(C)C. The van der Waals surface area contributed by atoms with Gasteiger partial charge in [0.2, 0.25) is 5.91 Å². The molecule has 0 aromatic rings. The van der Waals surface area contributed by atoms with E-state index < -0.39 is 5.92 Å². The molecule has 0 spiro atoms. The molecule has 84 valence electrons. The fraction of sp³-hybridized carbons (Fsp3) is 0.727. The number of nitrogens with one attached hydrogen (secondary N) is 1. The predicted molar refractivity (Wildman–Crippen MR) is 56.8 cm³/mol. The van der Waals surface area contributed by atoms with Crippen LogP contribution in [-0.2, 0) is 9.59 Å². The van der Waals surface area contributed by atoms with E-state index in [4.69, 9.17) is 5.26 Å². The Kier molecular flexibility index (Phi) is 5.61. The molecule has 1 amide bonds. The lowest BCUT2D eigenvalue weighted by molar-refractivity contribution is -0.128. The standard InChI is InChI=1S/C11H18N2O2/c1-7(2)9(4)10(14)6-13-11(15)8(3)5-12/h7-9H,6H2,1-4H3,(H,13,15)/t8?,9-/m0/s1. The molecular formula is C11H18N2O2. The minimum Gasteiger partial charge on any atom is -0.348 e. The number of carbonyl (C=O) groups is 2. The van der Waals surface area contributed by atoms with Gasteiger partial charge in [0.25, 0.3) is 0 Å². The molecule has 0 saturated carbocycles. The van der Waals surface area contributed by atoms with E-state index in [2.05, 4.69) is 5.32 Å². The summed E-state index contributed by atoms with van der Waals surface area (Å²) >= 11 is 0. The van der Waals surface area contributed by atoms with Crippen LogP contribution >= 0.6 is 0 Å². The smallest absolute Gasteiger partial charge is 0.237 e. The summed E-state index contributed by atoms with van der Waals surface area (Å²) in [4.78, 5) is 22.7. The van der Waals surface area contributed by atoms with Crippen LogP contribution in [0.4, 0.5) is 0 Å². The van der Waals surface area contributed by atoms with E-state index >= 15 is 0 Å². The molecule has 4 nitrogen and oxygen atoms in total. The van der Waals surface area contributed by atoms with E-state index in [1.807, 2.05) is 26.8 Å². The molecule has 0 radical (unpaired) electrons. The van der Waals surface area contributed by atoms with Gasteiger partial charge in [-0.2, -0.15) is 5.26 Å². The fourth-order valence-corrected chi connectivity index (χ4v) is 0.919. The molecule has 0 aliphatic rings. The van der Waals surface area contributed by atoms with Gasteiger partial charge in [-0.1, -0.05) is 20.8 Å². The van der Waals surface area contributed by atoms with Gasteiger partial charge in [0, 0.05) is 5.92 Å². The van der Waals surface area contributed by atoms with Crippen LogP contribution in [0.25, 0.3) is 0 Å². The molecule has 0 rings (SSSR count). The van der Waals surface area contributed by atoms with Crippen molar-refractivity contribution in [1.82, 2.24) is 5.32 Å². The fourth-order valence-electron chi connectivity index (χ4n) is 0.919. The van der Waals surface area contributed by atoms with E-state index in [0.717, 1.165) is 0 Å². The third-order valence-corrected chi connectivity index (χ3v) is 2.53. The Morgan fingerprint density at radius 2 is 1.80 bits per heavy atom. The number of hydrogen-bond donors (Lipinski definition) is 1. The number of carbonyl (C=O) groups excluding carboxylic acids is 2. The third-order valence-electron chi connectivity index (χ3n) is 2.53. The Hall–Kier alpha value is -1.37. The zero-order chi connectivity index (χ0) is 12.0. The number of nitriles is 1. The molecule has 0 bridgehead atoms. The van der Waals surface area contributed by atoms with Crippen LogP contribution in [-0.4, -0.2) is 18.2 Å². The van der Waals surface area contributed by atoms with Crippen molar-refractivity contribution in [3.05, 3.63) is 0 Å². The zero-order valence-electron chi connectivity index (χ0n) is 9.70. The van der Waals surface area contributed by atoms with Gasteiger partial charge >= 0.3 is 0 Å². The molecule has 4 heteroatoms. The molecule has 1 unspecified atom stereocenters. The Morgan fingerprint density at radius 1 is 1.27 bits per heavy atom. The average Bonchev–Trinajstić information content (AvgIpc) is 2.22. The van der Waals surface area contributed by atoms with E-state index in [9.17, 15) is 9.59 Å². The van der Waals surface area contributed by atoms with Crippen molar-refractivity contribution in [1.29, 1.82) is 5.26 Å². The van der Waals surface area contributed by atoms with Gasteiger partial charge in [-0.3, -0.25) is 9.59 Å². The highest BCUT2D eigenvalue weighted by molar-refractivity contribution is 5.88. The van der Waals surface area contributed by atoms with Gasteiger partial charge in [0.1, 0.15) is 5.92 Å². The summed E-state index contributed by atoms with van der Waals surface area (Å²) in [5.41, 5.74) is 0. The van der Waals surface area contributed by atoms with Gasteiger partial charge < -0.3 is 5.32 Å². The Morgan fingerprint density at radius 3 is 2.20 bits per heavy atom. The van der Waals surface area contributed by atoms with Crippen LogP contribution < -0.4 is 5.32 Å². The monoisotopic (exact) mass is 210 g/mol. The summed E-state index contributed by atoms with van der Waals surface area (Å²) in [6.45, 7) is 7.29. The first-order chi connectivity index (χ1) is 6.90. The van der Waals surface area contributed by atoms with Gasteiger partial charge in [0.05, 0.1) is 12.6 Å². The maximum absolute atomic E-state index is 11.5. The molecular weight excluding hydrogens is 192 g/mol. The Bertz CT molecular complexity index is 279. The minimum atomic E-state index is -0.702. The highest BCUT2D eigenvalue weighted by Crippen LogP contribution is 2.09. The van der Waals surface area contributed by atoms with Gasteiger partial charge in [-0.15, -0.1) is 0 Å².